The maximum absolute atomic E-state index is 4.17. The maximum Gasteiger partial charge on any atom is 0.0983 e. The molecule has 24 heavy (non-hydrogen) atoms. The van der Waals surface area contributed by atoms with Gasteiger partial charge in [-0.2, -0.15) is 0 Å². The van der Waals surface area contributed by atoms with E-state index in [0.29, 0.717) is 17.4 Å². The fourth-order valence-electron chi connectivity index (χ4n) is 4.58. The Hall–Kier alpha value is -1.90. The van der Waals surface area contributed by atoms with Crippen molar-refractivity contribution in [2.24, 2.45) is 5.41 Å². The molecule has 1 aromatic carbocycles. The molecular formula is C21H29N3. The second-order valence-corrected chi connectivity index (χ2v) is 8.29. The average molecular weight is 323 g/mol. The first kappa shape index (κ1) is 15.6. The summed E-state index contributed by atoms with van der Waals surface area (Å²) in [7, 11) is 0. The molecule has 1 aliphatic carbocycles. The maximum atomic E-state index is 4.17. The molecule has 128 valence electrons. The highest BCUT2D eigenvalue weighted by Crippen LogP contribution is 2.52. The molecule has 0 radical (unpaired) electrons. The third-order valence-electron chi connectivity index (χ3n) is 6.05. The van der Waals surface area contributed by atoms with Gasteiger partial charge in [0.05, 0.1) is 5.82 Å². The molecule has 3 heteroatoms. The Kier molecular flexibility index (Phi) is 3.63. The molecule has 0 atom stereocenters. The van der Waals surface area contributed by atoms with Crippen LogP contribution in [-0.4, -0.2) is 30.6 Å². The van der Waals surface area contributed by atoms with E-state index in [1.807, 2.05) is 0 Å². The van der Waals surface area contributed by atoms with E-state index in [1.54, 1.807) is 0 Å². The topological polar surface area (TPSA) is 18.5 Å². The summed E-state index contributed by atoms with van der Waals surface area (Å²) >= 11 is 0. The van der Waals surface area contributed by atoms with Crippen LogP contribution >= 0.6 is 0 Å². The Morgan fingerprint density at radius 2 is 1.96 bits per heavy atom. The lowest BCUT2D eigenvalue weighted by Crippen LogP contribution is -2.67. The molecule has 1 N–H and O–H groups in total. The average Bonchev–Trinajstić information content (AvgIpc) is 2.46. The van der Waals surface area contributed by atoms with E-state index >= 15 is 0 Å². The normalized spacial score (nSPS) is 23.3. The van der Waals surface area contributed by atoms with Crippen molar-refractivity contribution in [1.29, 1.82) is 0 Å². The van der Waals surface area contributed by atoms with Gasteiger partial charge in [0, 0.05) is 48.9 Å². The van der Waals surface area contributed by atoms with Gasteiger partial charge in [-0.15, -0.1) is 0 Å². The summed E-state index contributed by atoms with van der Waals surface area (Å²) in [4.78, 5) is 5.01. The van der Waals surface area contributed by atoms with Gasteiger partial charge in [-0.05, 0) is 36.5 Å². The first-order chi connectivity index (χ1) is 11.5. The first-order valence-corrected chi connectivity index (χ1v) is 9.21. The molecule has 1 saturated carbocycles. The summed E-state index contributed by atoms with van der Waals surface area (Å²) in [6.45, 7) is 16.2. The zero-order valence-corrected chi connectivity index (χ0v) is 15.0. The summed E-state index contributed by atoms with van der Waals surface area (Å²) < 4.78 is 0. The van der Waals surface area contributed by atoms with Crippen LogP contribution in [0, 0.1) is 5.41 Å². The van der Waals surface area contributed by atoms with Crippen LogP contribution < -0.4 is 10.2 Å². The number of hydrogen-bond acceptors (Lipinski definition) is 3. The Morgan fingerprint density at radius 3 is 2.62 bits per heavy atom. The van der Waals surface area contributed by atoms with Crippen LogP contribution in [0.25, 0.3) is 0 Å². The predicted molar refractivity (Wildman–Crippen MR) is 101 cm³/mol. The predicted octanol–water partition coefficient (Wildman–Crippen LogP) is 4.06. The summed E-state index contributed by atoms with van der Waals surface area (Å²) in [5, 5.41) is 3.32. The molecule has 2 saturated heterocycles. The molecular weight excluding hydrogens is 294 g/mol. The minimum absolute atomic E-state index is 0.549. The summed E-state index contributed by atoms with van der Waals surface area (Å²) in [5.41, 5.74) is 4.49. The number of nitrogens with zero attached hydrogens (tertiary/aromatic N) is 2. The number of benzene rings is 1. The Bertz CT molecular complexity index is 661. The van der Waals surface area contributed by atoms with Gasteiger partial charge < -0.3 is 15.1 Å². The zero-order valence-electron chi connectivity index (χ0n) is 15.0. The molecule has 2 heterocycles. The van der Waals surface area contributed by atoms with E-state index < -0.39 is 0 Å². The third kappa shape index (κ3) is 2.60. The van der Waals surface area contributed by atoms with Crippen molar-refractivity contribution in [2.45, 2.75) is 45.1 Å². The van der Waals surface area contributed by atoms with E-state index in [4.69, 9.17) is 0 Å². The fourth-order valence-corrected chi connectivity index (χ4v) is 4.58. The largest absolute Gasteiger partial charge is 0.370 e. The minimum Gasteiger partial charge on any atom is -0.370 e. The molecule has 0 unspecified atom stereocenters. The summed E-state index contributed by atoms with van der Waals surface area (Å²) in [5.74, 6) is 1.65. The monoisotopic (exact) mass is 323 g/mol. The lowest BCUT2D eigenvalue weighted by Gasteiger charge is -2.62. The summed E-state index contributed by atoms with van der Waals surface area (Å²) in [6, 6.07) is 9.75. The second-order valence-electron chi connectivity index (χ2n) is 8.29. The molecule has 0 bridgehead atoms. The van der Waals surface area contributed by atoms with Gasteiger partial charge in [0.25, 0.3) is 0 Å². The van der Waals surface area contributed by atoms with Crippen molar-refractivity contribution in [1.82, 2.24) is 10.2 Å². The van der Waals surface area contributed by atoms with Gasteiger partial charge in [-0.3, -0.25) is 0 Å². The number of nitrogens with one attached hydrogen (secondary N) is 1. The van der Waals surface area contributed by atoms with Gasteiger partial charge in [-0.25, -0.2) is 0 Å². The molecule has 2 aliphatic heterocycles. The lowest BCUT2D eigenvalue weighted by molar-refractivity contribution is -0.00997. The molecule has 0 aromatic heterocycles. The molecule has 3 nitrogen and oxygen atoms in total. The molecule has 1 spiro atoms. The highest BCUT2D eigenvalue weighted by Gasteiger charge is 2.54. The second kappa shape index (κ2) is 5.58. The van der Waals surface area contributed by atoms with Crippen molar-refractivity contribution in [3.63, 3.8) is 0 Å². The van der Waals surface area contributed by atoms with Crippen molar-refractivity contribution in [3.05, 3.63) is 54.5 Å². The Labute approximate surface area is 146 Å². The van der Waals surface area contributed by atoms with E-state index in [1.165, 1.54) is 37.2 Å². The number of anilines is 1. The van der Waals surface area contributed by atoms with Crippen LogP contribution in [-0.2, 0) is 0 Å². The number of rotatable bonds is 3. The van der Waals surface area contributed by atoms with Crippen molar-refractivity contribution in [3.8, 4) is 0 Å². The Balaban J connectivity index is 1.33. The summed E-state index contributed by atoms with van der Waals surface area (Å²) in [6.07, 6.45) is 3.65. The quantitative estimate of drug-likeness (QED) is 0.905. The van der Waals surface area contributed by atoms with Gasteiger partial charge in [0.1, 0.15) is 0 Å². The van der Waals surface area contributed by atoms with E-state index in [9.17, 15) is 0 Å². The van der Waals surface area contributed by atoms with Crippen LogP contribution in [0.2, 0.25) is 0 Å². The van der Waals surface area contributed by atoms with Crippen LogP contribution in [0.1, 0.15) is 44.6 Å². The smallest absolute Gasteiger partial charge is 0.0983 e. The molecule has 4 rings (SSSR count). The SMILES string of the molecule is C=C1CCN(C2CC3(C2)CN(c2cccc(C(C)C)c2)C3)C(=C)N1. The lowest BCUT2D eigenvalue weighted by atomic mass is 9.60. The van der Waals surface area contributed by atoms with Crippen molar-refractivity contribution >= 4 is 5.69 Å². The highest BCUT2D eigenvalue weighted by molar-refractivity contribution is 5.53. The molecule has 3 fully saturated rings. The van der Waals surface area contributed by atoms with Crippen LogP contribution in [0.4, 0.5) is 5.69 Å². The van der Waals surface area contributed by atoms with E-state index in [-0.39, 0.29) is 0 Å². The minimum atomic E-state index is 0.549. The van der Waals surface area contributed by atoms with Crippen molar-refractivity contribution in [2.75, 3.05) is 24.5 Å². The molecule has 3 aliphatic rings. The van der Waals surface area contributed by atoms with Gasteiger partial charge in [-0.1, -0.05) is 39.1 Å². The third-order valence-corrected chi connectivity index (χ3v) is 6.05. The highest BCUT2D eigenvalue weighted by atomic mass is 15.3. The van der Waals surface area contributed by atoms with Crippen LogP contribution in [0.15, 0.2) is 48.9 Å². The van der Waals surface area contributed by atoms with Crippen LogP contribution in [0.3, 0.4) is 0 Å². The van der Waals surface area contributed by atoms with E-state index in [2.05, 4.69) is 66.4 Å². The molecule has 0 amide bonds. The van der Waals surface area contributed by atoms with E-state index in [0.717, 1.165) is 24.5 Å². The standard InChI is InChI=1S/C21H29N3/c1-15(2)18-6-5-7-19(10-18)23-13-21(14-23)11-20(12-21)24-9-8-16(3)22-17(24)4/h5-7,10,15,20,22H,3-4,8-9,11-14H2,1-2H3. The van der Waals surface area contributed by atoms with Gasteiger partial charge in [0.2, 0.25) is 0 Å². The van der Waals surface area contributed by atoms with Crippen LogP contribution in [0.5, 0.6) is 0 Å². The Morgan fingerprint density at radius 1 is 1.21 bits per heavy atom. The fraction of sp³-hybridized carbons (Fsp3) is 0.524. The van der Waals surface area contributed by atoms with Gasteiger partial charge in [0.15, 0.2) is 0 Å². The van der Waals surface area contributed by atoms with Gasteiger partial charge >= 0.3 is 0 Å². The first-order valence-electron chi connectivity index (χ1n) is 9.21. The zero-order chi connectivity index (χ0) is 16.9. The van der Waals surface area contributed by atoms with Crippen molar-refractivity contribution < 1.29 is 0 Å². The number of hydrogen-bond donors (Lipinski definition) is 1. The molecule has 1 aromatic rings.